The number of aliphatic hydroxyl groups excluding tert-OH is 1. The molecule has 29 heavy (non-hydrogen) atoms. The second-order valence-corrected chi connectivity index (χ2v) is 8.89. The van der Waals surface area contributed by atoms with Crippen LogP contribution in [0.15, 0.2) is 12.1 Å². The fourth-order valence-corrected chi connectivity index (χ4v) is 3.88. The van der Waals surface area contributed by atoms with Gasteiger partial charge in [0.2, 0.25) is 0 Å². The molecular weight excluding hydrogens is 392 g/mol. The summed E-state index contributed by atoms with van der Waals surface area (Å²) in [5, 5.41) is 11.1. The number of halogens is 1. The number of benzene rings is 1. The van der Waals surface area contributed by atoms with Crippen molar-refractivity contribution in [2.75, 3.05) is 26.2 Å². The molecule has 2 rings (SSSR count). The summed E-state index contributed by atoms with van der Waals surface area (Å²) >= 11 is 6.67. The van der Waals surface area contributed by atoms with E-state index in [2.05, 4.69) is 0 Å². The number of piperidine rings is 1. The molecule has 1 saturated heterocycles. The number of likely N-dealkylation sites (tertiary alicyclic amines) is 1. The van der Waals surface area contributed by atoms with Crippen LogP contribution in [0.5, 0.6) is 5.75 Å². The Bertz CT molecular complexity index is 693. The highest BCUT2D eigenvalue weighted by atomic mass is 35.5. The van der Waals surface area contributed by atoms with E-state index in [-0.39, 0.29) is 12.0 Å². The topological polar surface area (TPSA) is 62.2 Å². The van der Waals surface area contributed by atoms with Crippen LogP contribution < -0.4 is 4.74 Å². The molecule has 1 N–H and O–H groups in total. The van der Waals surface area contributed by atoms with Crippen LogP contribution in [0.25, 0.3) is 0 Å². The molecule has 0 aromatic heterocycles. The van der Waals surface area contributed by atoms with Crippen molar-refractivity contribution >= 4 is 17.7 Å². The van der Waals surface area contributed by atoms with Gasteiger partial charge >= 0.3 is 6.09 Å². The number of aliphatic hydroxyl groups is 1. The van der Waals surface area contributed by atoms with Gasteiger partial charge in [-0.15, -0.1) is 0 Å². The van der Waals surface area contributed by atoms with Gasteiger partial charge in [0.1, 0.15) is 11.4 Å². The maximum absolute atomic E-state index is 12.3. The lowest BCUT2D eigenvalue weighted by molar-refractivity contribution is -0.132. The van der Waals surface area contributed by atoms with Crippen LogP contribution >= 0.6 is 11.6 Å². The second-order valence-electron chi connectivity index (χ2n) is 8.52. The Labute approximate surface area is 179 Å². The molecule has 1 unspecified atom stereocenters. The van der Waals surface area contributed by atoms with Crippen LogP contribution in [-0.2, 0) is 4.74 Å². The number of carbonyl (C=O) groups is 1. The minimum atomic E-state index is -1.02. The largest absolute Gasteiger partial charge is 0.451 e. The lowest BCUT2D eigenvalue weighted by Crippen LogP contribution is -2.41. The maximum atomic E-state index is 12.3. The van der Waals surface area contributed by atoms with E-state index in [0.29, 0.717) is 37.0 Å². The first-order valence-electron chi connectivity index (χ1n) is 10.4. The molecule has 1 heterocycles. The molecule has 0 radical (unpaired) electrons. The third-order valence-corrected chi connectivity index (χ3v) is 5.75. The van der Waals surface area contributed by atoms with Gasteiger partial charge in [0, 0.05) is 31.7 Å². The number of ether oxygens (including phenoxy) is 2. The molecule has 1 aliphatic rings. The molecular formula is C22H35ClN2O4. The summed E-state index contributed by atoms with van der Waals surface area (Å²) in [5.74, 6) is 0.760. The van der Waals surface area contributed by atoms with Crippen molar-refractivity contribution in [3.05, 3.63) is 28.3 Å². The molecule has 1 aromatic rings. The van der Waals surface area contributed by atoms with Gasteiger partial charge in [0.15, 0.2) is 0 Å². The van der Waals surface area contributed by atoms with Crippen molar-refractivity contribution < 1.29 is 19.4 Å². The molecule has 7 heteroatoms. The minimum absolute atomic E-state index is 0.153. The van der Waals surface area contributed by atoms with Gasteiger partial charge in [0.25, 0.3) is 6.41 Å². The van der Waals surface area contributed by atoms with Gasteiger partial charge in [-0.3, -0.25) is 0 Å². The van der Waals surface area contributed by atoms with E-state index >= 15 is 0 Å². The number of aryl methyl sites for hydroxylation is 1. The lowest BCUT2D eigenvalue weighted by atomic mass is 9.88. The van der Waals surface area contributed by atoms with Gasteiger partial charge < -0.3 is 19.5 Å². The summed E-state index contributed by atoms with van der Waals surface area (Å²) in [7, 11) is 0. The normalized spacial score (nSPS) is 16.8. The Hall–Kier alpha value is -1.50. The molecule has 164 valence electrons. The monoisotopic (exact) mass is 426 g/mol. The van der Waals surface area contributed by atoms with E-state index in [1.54, 1.807) is 4.90 Å². The van der Waals surface area contributed by atoms with Gasteiger partial charge in [-0.05, 0) is 58.1 Å². The second kappa shape index (κ2) is 10.0. The van der Waals surface area contributed by atoms with E-state index < -0.39 is 12.0 Å². The SMILES string of the molecule is CCN(CC)C(O)Oc1ccc(C)c(Cl)c1C1CCN(C(=O)OC(C)(C)C)CC1. The van der Waals surface area contributed by atoms with Crippen molar-refractivity contribution in [3.63, 3.8) is 0 Å². The zero-order chi connectivity index (χ0) is 21.8. The molecule has 0 spiro atoms. The van der Waals surface area contributed by atoms with Crippen molar-refractivity contribution in [3.8, 4) is 5.75 Å². The molecule has 1 aliphatic heterocycles. The zero-order valence-electron chi connectivity index (χ0n) is 18.5. The number of nitrogens with zero attached hydrogens (tertiary/aromatic N) is 2. The predicted octanol–water partition coefficient (Wildman–Crippen LogP) is 4.76. The van der Waals surface area contributed by atoms with E-state index in [9.17, 15) is 9.90 Å². The standard InChI is InChI=1S/C22H35ClN2O4/c1-7-24(8-2)20(26)28-17-10-9-15(3)19(23)18(17)16-11-13-25(14-12-16)21(27)29-22(4,5)6/h9-10,16,20,26H,7-8,11-14H2,1-6H3. The first-order chi connectivity index (χ1) is 13.6. The molecule has 0 aliphatic carbocycles. The number of hydrogen-bond donors (Lipinski definition) is 1. The first kappa shape index (κ1) is 23.8. The van der Waals surface area contributed by atoms with Crippen LogP contribution in [0.2, 0.25) is 5.02 Å². The number of carbonyl (C=O) groups excluding carboxylic acids is 1. The lowest BCUT2D eigenvalue weighted by Gasteiger charge is -2.35. The highest BCUT2D eigenvalue weighted by Crippen LogP contribution is 2.41. The molecule has 0 saturated carbocycles. The smallest absolute Gasteiger partial charge is 0.410 e. The quantitative estimate of drug-likeness (QED) is 0.664. The number of hydrogen-bond acceptors (Lipinski definition) is 5. The van der Waals surface area contributed by atoms with Crippen LogP contribution in [0.3, 0.4) is 0 Å². The van der Waals surface area contributed by atoms with Crippen molar-refractivity contribution in [1.29, 1.82) is 0 Å². The molecule has 1 amide bonds. The summed E-state index contributed by atoms with van der Waals surface area (Å²) in [6, 6.07) is 3.79. The van der Waals surface area contributed by atoms with Crippen molar-refractivity contribution in [2.24, 2.45) is 0 Å². The third kappa shape index (κ3) is 6.24. The highest BCUT2D eigenvalue weighted by Gasteiger charge is 2.31. The van der Waals surface area contributed by atoms with Gasteiger partial charge in [-0.2, -0.15) is 0 Å². The van der Waals surface area contributed by atoms with E-state index in [4.69, 9.17) is 21.1 Å². The highest BCUT2D eigenvalue weighted by molar-refractivity contribution is 6.32. The fourth-order valence-electron chi connectivity index (χ4n) is 3.57. The summed E-state index contributed by atoms with van der Waals surface area (Å²) in [6.07, 6.45) is 0.226. The summed E-state index contributed by atoms with van der Waals surface area (Å²) < 4.78 is 11.4. The first-order valence-corrected chi connectivity index (χ1v) is 10.8. The average molecular weight is 427 g/mol. The van der Waals surface area contributed by atoms with E-state index in [1.165, 1.54) is 0 Å². The molecule has 1 fully saturated rings. The van der Waals surface area contributed by atoms with Gasteiger partial charge in [-0.25, -0.2) is 9.69 Å². The summed E-state index contributed by atoms with van der Waals surface area (Å²) in [4.78, 5) is 15.9. The van der Waals surface area contributed by atoms with Gasteiger partial charge in [0.05, 0.1) is 5.02 Å². The van der Waals surface area contributed by atoms with Gasteiger partial charge in [-0.1, -0.05) is 31.5 Å². The van der Waals surface area contributed by atoms with Crippen LogP contribution in [-0.4, -0.2) is 59.2 Å². The summed E-state index contributed by atoms with van der Waals surface area (Å²) in [6.45, 7) is 14.1. The predicted molar refractivity (Wildman–Crippen MR) is 116 cm³/mol. The number of rotatable bonds is 6. The molecule has 6 nitrogen and oxygen atoms in total. The van der Waals surface area contributed by atoms with Crippen LogP contribution in [0.1, 0.15) is 64.5 Å². The Balaban J connectivity index is 2.16. The zero-order valence-corrected chi connectivity index (χ0v) is 19.3. The fraction of sp³-hybridized carbons (Fsp3) is 0.682. The van der Waals surface area contributed by atoms with Crippen molar-refractivity contribution in [2.45, 2.75) is 72.3 Å². The molecule has 0 bridgehead atoms. The Morgan fingerprint density at radius 3 is 2.38 bits per heavy atom. The maximum Gasteiger partial charge on any atom is 0.410 e. The van der Waals surface area contributed by atoms with E-state index in [0.717, 1.165) is 24.0 Å². The average Bonchev–Trinajstić information content (AvgIpc) is 2.65. The third-order valence-electron chi connectivity index (χ3n) is 5.24. The minimum Gasteiger partial charge on any atom is -0.451 e. The Kier molecular flexibility index (Phi) is 8.20. The summed E-state index contributed by atoms with van der Waals surface area (Å²) in [5.41, 5.74) is 1.39. The Morgan fingerprint density at radius 1 is 1.28 bits per heavy atom. The molecule has 1 atom stereocenters. The van der Waals surface area contributed by atoms with Crippen molar-refractivity contribution in [1.82, 2.24) is 9.80 Å². The van der Waals surface area contributed by atoms with Crippen LogP contribution in [0, 0.1) is 6.92 Å². The number of amides is 1. The van der Waals surface area contributed by atoms with E-state index in [1.807, 2.05) is 58.6 Å². The van der Waals surface area contributed by atoms with Crippen LogP contribution in [0.4, 0.5) is 4.79 Å². The molecule has 1 aromatic carbocycles. The Morgan fingerprint density at radius 2 is 1.86 bits per heavy atom.